The second kappa shape index (κ2) is 7.16. The van der Waals surface area contributed by atoms with Crippen molar-refractivity contribution in [3.63, 3.8) is 0 Å². The summed E-state index contributed by atoms with van der Waals surface area (Å²) >= 11 is 0. The van der Waals surface area contributed by atoms with Gasteiger partial charge in [-0.25, -0.2) is 12.7 Å². The van der Waals surface area contributed by atoms with Crippen LogP contribution >= 0.6 is 0 Å². The highest BCUT2D eigenvalue weighted by Crippen LogP contribution is 2.04. The Morgan fingerprint density at radius 2 is 2.07 bits per heavy atom. The zero-order valence-corrected chi connectivity index (χ0v) is 10.6. The van der Waals surface area contributed by atoms with Crippen LogP contribution in [0.5, 0.6) is 0 Å². The number of hydrogen-bond donors (Lipinski definition) is 1. The van der Waals surface area contributed by atoms with Gasteiger partial charge in [0.1, 0.15) is 0 Å². The second-order valence-corrected chi connectivity index (χ2v) is 5.98. The molecule has 0 aliphatic heterocycles. The molecule has 0 amide bonds. The molecule has 0 aliphatic carbocycles. The normalized spacial score (nSPS) is 14.5. The first kappa shape index (κ1) is 14.8. The van der Waals surface area contributed by atoms with Crippen LogP contribution < -0.4 is 5.73 Å². The highest BCUT2D eigenvalue weighted by molar-refractivity contribution is 7.89. The molecule has 0 aromatic carbocycles. The fraction of sp³-hybridized carbons (Fsp3) is 1.00. The van der Waals surface area contributed by atoms with Crippen LogP contribution in [0.15, 0.2) is 0 Å². The predicted octanol–water partition coefficient (Wildman–Crippen LogP) is -0.121. The van der Waals surface area contributed by atoms with Gasteiger partial charge in [0.05, 0.1) is 5.75 Å². The van der Waals surface area contributed by atoms with Crippen molar-refractivity contribution in [1.82, 2.24) is 4.31 Å². The topological polar surface area (TPSA) is 72.6 Å². The first-order chi connectivity index (χ1) is 6.94. The van der Waals surface area contributed by atoms with E-state index in [1.54, 1.807) is 14.2 Å². The van der Waals surface area contributed by atoms with Gasteiger partial charge >= 0.3 is 0 Å². The van der Waals surface area contributed by atoms with Crippen molar-refractivity contribution in [3.8, 4) is 0 Å². The summed E-state index contributed by atoms with van der Waals surface area (Å²) in [4.78, 5) is 0. The molecule has 0 saturated carbocycles. The van der Waals surface area contributed by atoms with Crippen LogP contribution in [0.1, 0.15) is 13.3 Å². The van der Waals surface area contributed by atoms with Gasteiger partial charge in [0.25, 0.3) is 0 Å². The number of nitrogens with two attached hydrogens (primary N) is 1. The highest BCUT2D eigenvalue weighted by atomic mass is 32.2. The third kappa shape index (κ3) is 6.09. The van der Waals surface area contributed by atoms with Gasteiger partial charge < -0.3 is 10.5 Å². The van der Waals surface area contributed by atoms with Crippen LogP contribution in [0.2, 0.25) is 0 Å². The molecule has 0 radical (unpaired) electrons. The third-order valence-electron chi connectivity index (χ3n) is 2.20. The molecule has 0 saturated heterocycles. The van der Waals surface area contributed by atoms with Gasteiger partial charge in [0.2, 0.25) is 10.0 Å². The maximum absolute atomic E-state index is 11.7. The number of methoxy groups -OCH3 is 1. The summed E-state index contributed by atoms with van der Waals surface area (Å²) in [6, 6.07) is 0. The van der Waals surface area contributed by atoms with Crippen LogP contribution in [0, 0.1) is 5.92 Å². The number of nitrogens with zero attached hydrogens (tertiary/aromatic N) is 1. The zero-order valence-electron chi connectivity index (χ0n) is 9.77. The van der Waals surface area contributed by atoms with E-state index in [-0.39, 0.29) is 11.7 Å². The van der Waals surface area contributed by atoms with E-state index in [0.717, 1.165) is 0 Å². The van der Waals surface area contributed by atoms with E-state index in [9.17, 15) is 8.42 Å². The van der Waals surface area contributed by atoms with Crippen LogP contribution in [-0.4, -0.2) is 52.3 Å². The van der Waals surface area contributed by atoms with Crippen LogP contribution in [-0.2, 0) is 14.8 Å². The van der Waals surface area contributed by atoms with E-state index in [1.165, 1.54) is 4.31 Å². The van der Waals surface area contributed by atoms with Gasteiger partial charge in [-0.05, 0) is 18.9 Å². The Morgan fingerprint density at radius 1 is 1.47 bits per heavy atom. The van der Waals surface area contributed by atoms with Gasteiger partial charge in [-0.1, -0.05) is 6.92 Å². The Hall–Kier alpha value is -0.170. The fourth-order valence-corrected chi connectivity index (χ4v) is 2.44. The molecule has 1 atom stereocenters. The molecular formula is C9H22N2O3S. The van der Waals surface area contributed by atoms with Crippen molar-refractivity contribution >= 4 is 10.0 Å². The highest BCUT2D eigenvalue weighted by Gasteiger charge is 2.18. The summed E-state index contributed by atoms with van der Waals surface area (Å²) in [5.41, 5.74) is 5.44. The number of ether oxygens (including phenoxy) is 1. The minimum absolute atomic E-state index is 0.134. The molecule has 6 heteroatoms. The maximum Gasteiger partial charge on any atom is 0.213 e. The van der Waals surface area contributed by atoms with E-state index >= 15 is 0 Å². The lowest BCUT2D eigenvalue weighted by atomic mass is 10.2. The van der Waals surface area contributed by atoms with E-state index in [0.29, 0.717) is 26.1 Å². The summed E-state index contributed by atoms with van der Waals surface area (Å²) in [5.74, 6) is 0.321. The van der Waals surface area contributed by atoms with Gasteiger partial charge in [-0.15, -0.1) is 0 Å². The molecule has 0 bridgehead atoms. The van der Waals surface area contributed by atoms with Crippen LogP contribution in [0.3, 0.4) is 0 Å². The quantitative estimate of drug-likeness (QED) is 0.598. The lowest BCUT2D eigenvalue weighted by molar-refractivity contribution is 0.199. The Bertz CT molecular complexity index is 254. The number of rotatable bonds is 8. The maximum atomic E-state index is 11.7. The average molecular weight is 238 g/mol. The minimum atomic E-state index is -3.14. The van der Waals surface area contributed by atoms with Crippen molar-refractivity contribution in [3.05, 3.63) is 0 Å². The minimum Gasteiger partial charge on any atom is -0.385 e. The number of hydrogen-bond acceptors (Lipinski definition) is 4. The zero-order chi connectivity index (χ0) is 11.9. The lowest BCUT2D eigenvalue weighted by Crippen LogP contribution is -2.35. The monoisotopic (exact) mass is 238 g/mol. The van der Waals surface area contributed by atoms with Gasteiger partial charge in [0, 0.05) is 27.3 Å². The summed E-state index contributed by atoms with van der Waals surface area (Å²) in [6.07, 6.45) is 0.528. The summed E-state index contributed by atoms with van der Waals surface area (Å²) in [5, 5.41) is 0. The Morgan fingerprint density at radius 3 is 2.53 bits per heavy atom. The van der Waals surface area contributed by atoms with Crippen molar-refractivity contribution < 1.29 is 13.2 Å². The summed E-state index contributed by atoms with van der Waals surface area (Å²) < 4.78 is 29.6. The number of sulfonamides is 1. The van der Waals surface area contributed by atoms with Crippen molar-refractivity contribution in [2.45, 2.75) is 13.3 Å². The fourth-order valence-electron chi connectivity index (χ4n) is 1.17. The van der Waals surface area contributed by atoms with Crippen molar-refractivity contribution in [2.24, 2.45) is 11.7 Å². The molecule has 15 heavy (non-hydrogen) atoms. The SMILES string of the molecule is COCCCS(=O)(=O)N(C)CC(C)CN. The molecule has 1 unspecified atom stereocenters. The predicted molar refractivity (Wildman–Crippen MR) is 61.1 cm³/mol. The van der Waals surface area contributed by atoms with Crippen LogP contribution in [0.25, 0.3) is 0 Å². The standard InChI is InChI=1S/C9H22N2O3S/c1-9(7-10)8-11(2)15(12,13)6-4-5-14-3/h9H,4-8,10H2,1-3H3. The Labute approximate surface area is 92.6 Å². The molecule has 0 aliphatic rings. The Kier molecular flexibility index (Phi) is 7.08. The summed E-state index contributed by atoms with van der Waals surface area (Å²) in [6.45, 7) is 3.38. The molecule has 0 fully saturated rings. The molecule has 0 heterocycles. The van der Waals surface area contributed by atoms with Crippen molar-refractivity contribution in [1.29, 1.82) is 0 Å². The molecular weight excluding hydrogens is 216 g/mol. The molecule has 92 valence electrons. The van der Waals surface area contributed by atoms with Gasteiger partial charge in [-0.3, -0.25) is 0 Å². The first-order valence-corrected chi connectivity index (χ1v) is 6.68. The summed E-state index contributed by atoms with van der Waals surface area (Å²) in [7, 11) is 0.0140. The van der Waals surface area contributed by atoms with E-state index in [2.05, 4.69) is 0 Å². The van der Waals surface area contributed by atoms with E-state index in [4.69, 9.17) is 10.5 Å². The molecule has 2 N–H and O–H groups in total. The largest absolute Gasteiger partial charge is 0.385 e. The molecule has 0 aromatic rings. The average Bonchev–Trinajstić information content (AvgIpc) is 2.17. The first-order valence-electron chi connectivity index (χ1n) is 5.07. The van der Waals surface area contributed by atoms with Gasteiger partial charge in [0.15, 0.2) is 0 Å². The van der Waals surface area contributed by atoms with E-state index in [1.807, 2.05) is 6.92 Å². The van der Waals surface area contributed by atoms with E-state index < -0.39 is 10.0 Å². The molecule has 0 aromatic heterocycles. The Balaban J connectivity index is 4.08. The lowest BCUT2D eigenvalue weighted by Gasteiger charge is -2.20. The van der Waals surface area contributed by atoms with Crippen LogP contribution in [0.4, 0.5) is 0 Å². The van der Waals surface area contributed by atoms with Gasteiger partial charge in [-0.2, -0.15) is 0 Å². The van der Waals surface area contributed by atoms with Crippen molar-refractivity contribution in [2.75, 3.05) is 39.6 Å². The second-order valence-electron chi connectivity index (χ2n) is 3.78. The molecule has 0 rings (SSSR count). The third-order valence-corrected chi connectivity index (χ3v) is 4.10. The molecule has 0 spiro atoms. The molecule has 5 nitrogen and oxygen atoms in total. The smallest absolute Gasteiger partial charge is 0.213 e.